The number of nitrogens with two attached hydrogens (primary N) is 1. The molecule has 100 valence electrons. The van der Waals surface area contributed by atoms with E-state index in [4.69, 9.17) is 10.5 Å². The third-order valence-electron chi connectivity index (χ3n) is 3.43. The quantitative estimate of drug-likeness (QED) is 0.944. The predicted molar refractivity (Wildman–Crippen MR) is 77.3 cm³/mol. The van der Waals surface area contributed by atoms with Gasteiger partial charge in [-0.25, -0.2) is 0 Å². The van der Waals surface area contributed by atoms with Crippen molar-refractivity contribution in [2.75, 3.05) is 6.61 Å². The summed E-state index contributed by atoms with van der Waals surface area (Å²) in [5.74, 6) is 1.02. The maximum Gasteiger partial charge on any atom is 0.127 e. The maximum absolute atomic E-state index is 5.73. The van der Waals surface area contributed by atoms with E-state index in [0.29, 0.717) is 13.1 Å². The van der Waals surface area contributed by atoms with Gasteiger partial charge in [-0.3, -0.25) is 4.68 Å². The minimum Gasteiger partial charge on any atom is -0.493 e. The molecule has 1 aliphatic rings. The summed E-state index contributed by atoms with van der Waals surface area (Å²) in [6.45, 7) is 3.99. The van der Waals surface area contributed by atoms with Crippen LogP contribution in [0.4, 0.5) is 0 Å². The van der Waals surface area contributed by atoms with Crippen molar-refractivity contribution in [3.8, 4) is 5.75 Å². The van der Waals surface area contributed by atoms with Gasteiger partial charge in [0.15, 0.2) is 0 Å². The summed E-state index contributed by atoms with van der Waals surface area (Å²) in [6, 6.07) is 4.23. The summed E-state index contributed by atoms with van der Waals surface area (Å²) < 4.78 is 8.76. The number of halogens is 1. The minimum atomic E-state index is 0.527. The molecule has 0 unspecified atom stereocenters. The molecular formula is C14H16BrN3O. The van der Waals surface area contributed by atoms with E-state index >= 15 is 0 Å². The van der Waals surface area contributed by atoms with Crippen molar-refractivity contribution in [1.82, 2.24) is 9.78 Å². The van der Waals surface area contributed by atoms with Gasteiger partial charge in [0.05, 0.1) is 18.8 Å². The molecule has 0 spiro atoms. The zero-order valence-corrected chi connectivity index (χ0v) is 12.4. The van der Waals surface area contributed by atoms with E-state index in [-0.39, 0.29) is 0 Å². The van der Waals surface area contributed by atoms with Gasteiger partial charge in [0.1, 0.15) is 5.75 Å². The average Bonchev–Trinajstić information content (AvgIpc) is 2.95. The molecular weight excluding hydrogens is 306 g/mol. The molecule has 5 heteroatoms. The third-order valence-corrected chi connectivity index (χ3v) is 3.88. The van der Waals surface area contributed by atoms with Gasteiger partial charge in [0.2, 0.25) is 0 Å². The highest BCUT2D eigenvalue weighted by atomic mass is 79.9. The lowest BCUT2D eigenvalue weighted by molar-refractivity contribution is 0.352. The number of hydrogen-bond donors (Lipinski definition) is 1. The van der Waals surface area contributed by atoms with Crippen molar-refractivity contribution >= 4 is 15.9 Å². The molecule has 0 saturated heterocycles. The Labute approximate surface area is 120 Å². The molecule has 0 fully saturated rings. The SMILES string of the molecule is Cc1nn(Cc2cc(Br)cc3c2OCC3)cc1CN. The van der Waals surface area contributed by atoms with Gasteiger partial charge in [0, 0.05) is 34.8 Å². The summed E-state index contributed by atoms with van der Waals surface area (Å²) >= 11 is 3.56. The molecule has 0 amide bonds. The summed E-state index contributed by atoms with van der Waals surface area (Å²) in [6.07, 6.45) is 2.99. The molecule has 2 heterocycles. The van der Waals surface area contributed by atoms with Gasteiger partial charge in [-0.2, -0.15) is 5.10 Å². The van der Waals surface area contributed by atoms with Crippen LogP contribution < -0.4 is 10.5 Å². The number of aryl methyl sites for hydroxylation is 1. The van der Waals surface area contributed by atoms with Crippen molar-refractivity contribution in [3.05, 3.63) is 45.2 Å². The summed E-state index contributed by atoms with van der Waals surface area (Å²) in [4.78, 5) is 0. The second kappa shape index (κ2) is 4.98. The molecule has 0 saturated carbocycles. The molecule has 1 aromatic heterocycles. The largest absolute Gasteiger partial charge is 0.493 e. The number of hydrogen-bond acceptors (Lipinski definition) is 3. The van der Waals surface area contributed by atoms with Crippen LogP contribution in [0.15, 0.2) is 22.8 Å². The molecule has 1 aliphatic heterocycles. The predicted octanol–water partition coefficient (Wildman–Crippen LogP) is 2.40. The fraction of sp³-hybridized carbons (Fsp3) is 0.357. The van der Waals surface area contributed by atoms with E-state index in [1.54, 1.807) is 0 Å². The molecule has 3 rings (SSSR count). The fourth-order valence-corrected chi connectivity index (χ4v) is 3.03. The lowest BCUT2D eigenvalue weighted by Crippen LogP contribution is -2.02. The van der Waals surface area contributed by atoms with Gasteiger partial charge in [-0.1, -0.05) is 15.9 Å². The first-order valence-electron chi connectivity index (χ1n) is 6.34. The zero-order chi connectivity index (χ0) is 13.4. The Balaban J connectivity index is 1.94. The van der Waals surface area contributed by atoms with Crippen molar-refractivity contribution in [1.29, 1.82) is 0 Å². The number of aromatic nitrogens is 2. The Kier molecular flexibility index (Phi) is 3.33. The highest BCUT2D eigenvalue weighted by Crippen LogP contribution is 2.33. The Morgan fingerprint density at radius 3 is 3.00 bits per heavy atom. The summed E-state index contributed by atoms with van der Waals surface area (Å²) in [5, 5.41) is 4.50. The van der Waals surface area contributed by atoms with Gasteiger partial charge in [-0.15, -0.1) is 0 Å². The molecule has 2 aromatic rings. The lowest BCUT2D eigenvalue weighted by atomic mass is 10.1. The Morgan fingerprint density at radius 1 is 1.42 bits per heavy atom. The van der Waals surface area contributed by atoms with Crippen molar-refractivity contribution in [3.63, 3.8) is 0 Å². The van der Waals surface area contributed by atoms with Crippen LogP contribution >= 0.6 is 15.9 Å². The van der Waals surface area contributed by atoms with Crippen LogP contribution in [0.3, 0.4) is 0 Å². The molecule has 0 aliphatic carbocycles. The number of rotatable bonds is 3. The Morgan fingerprint density at radius 2 is 2.26 bits per heavy atom. The molecule has 1 aromatic carbocycles. The highest BCUT2D eigenvalue weighted by Gasteiger charge is 2.18. The van der Waals surface area contributed by atoms with Crippen LogP contribution in [0.2, 0.25) is 0 Å². The summed E-state index contributed by atoms with van der Waals surface area (Å²) in [7, 11) is 0. The van der Waals surface area contributed by atoms with Gasteiger partial charge < -0.3 is 10.5 Å². The number of ether oxygens (including phenoxy) is 1. The summed E-state index contributed by atoms with van der Waals surface area (Å²) in [5.41, 5.74) is 10.2. The first kappa shape index (κ1) is 12.7. The van der Waals surface area contributed by atoms with E-state index < -0.39 is 0 Å². The van der Waals surface area contributed by atoms with Crippen molar-refractivity contribution in [2.45, 2.75) is 26.4 Å². The highest BCUT2D eigenvalue weighted by molar-refractivity contribution is 9.10. The van der Waals surface area contributed by atoms with Crippen molar-refractivity contribution in [2.24, 2.45) is 5.73 Å². The maximum atomic E-state index is 5.73. The fourth-order valence-electron chi connectivity index (χ4n) is 2.48. The Bertz CT molecular complexity index is 621. The number of benzene rings is 1. The number of nitrogens with zero attached hydrogens (tertiary/aromatic N) is 2. The first-order valence-corrected chi connectivity index (χ1v) is 7.14. The molecule has 2 N–H and O–H groups in total. The van der Waals surface area contributed by atoms with Crippen LogP contribution in [0.5, 0.6) is 5.75 Å². The van der Waals surface area contributed by atoms with Gasteiger partial charge >= 0.3 is 0 Å². The molecule has 0 atom stereocenters. The van der Waals surface area contributed by atoms with Crippen LogP contribution in [-0.4, -0.2) is 16.4 Å². The van der Waals surface area contributed by atoms with Crippen LogP contribution in [-0.2, 0) is 19.5 Å². The zero-order valence-electron chi connectivity index (χ0n) is 10.8. The van der Waals surface area contributed by atoms with E-state index in [2.05, 4.69) is 33.2 Å². The van der Waals surface area contributed by atoms with E-state index in [1.165, 1.54) is 5.56 Å². The molecule has 0 bridgehead atoms. The lowest BCUT2D eigenvalue weighted by Gasteiger charge is -2.09. The van der Waals surface area contributed by atoms with Crippen LogP contribution in [0.25, 0.3) is 0 Å². The van der Waals surface area contributed by atoms with Crippen molar-refractivity contribution < 1.29 is 4.74 Å². The van der Waals surface area contributed by atoms with Gasteiger partial charge in [0.25, 0.3) is 0 Å². The standard InChI is InChI=1S/C14H16BrN3O/c1-9-12(6-16)8-18(17-9)7-11-5-13(15)4-10-2-3-19-14(10)11/h4-5,8H,2-3,6-7,16H2,1H3. The van der Waals surface area contributed by atoms with E-state index in [1.807, 2.05) is 17.8 Å². The minimum absolute atomic E-state index is 0.527. The van der Waals surface area contributed by atoms with E-state index in [0.717, 1.165) is 40.1 Å². The Hall–Kier alpha value is -1.33. The monoisotopic (exact) mass is 321 g/mol. The van der Waals surface area contributed by atoms with Crippen LogP contribution in [0.1, 0.15) is 22.4 Å². The second-order valence-electron chi connectivity index (χ2n) is 4.79. The molecule has 4 nitrogen and oxygen atoms in total. The normalized spacial score (nSPS) is 13.4. The third kappa shape index (κ3) is 2.40. The molecule has 19 heavy (non-hydrogen) atoms. The van der Waals surface area contributed by atoms with Crippen LogP contribution in [0, 0.1) is 6.92 Å². The average molecular weight is 322 g/mol. The molecule has 0 radical (unpaired) electrons. The second-order valence-corrected chi connectivity index (χ2v) is 5.71. The topological polar surface area (TPSA) is 53.1 Å². The number of fused-ring (bicyclic) bond motifs is 1. The smallest absolute Gasteiger partial charge is 0.127 e. The van der Waals surface area contributed by atoms with Gasteiger partial charge in [-0.05, 0) is 24.6 Å². The van der Waals surface area contributed by atoms with E-state index in [9.17, 15) is 0 Å². The first-order chi connectivity index (χ1) is 9.17.